The number of benzene rings is 1. The van der Waals surface area contributed by atoms with Crippen LogP contribution in [-0.2, 0) is 5.41 Å². The maximum Gasteiger partial charge on any atom is 0.0437 e. The molecule has 3 heteroatoms. The Morgan fingerprint density at radius 1 is 1.19 bits per heavy atom. The molecule has 0 bridgehead atoms. The molecule has 1 atom stereocenters. The molecule has 1 N–H and O–H groups in total. The molecule has 2 aromatic rings. The van der Waals surface area contributed by atoms with Crippen LogP contribution < -0.4 is 5.32 Å². The predicted octanol–water partition coefficient (Wildman–Crippen LogP) is 5.67. The van der Waals surface area contributed by atoms with Crippen molar-refractivity contribution < 1.29 is 0 Å². The quantitative estimate of drug-likeness (QED) is 0.720. The van der Waals surface area contributed by atoms with E-state index < -0.39 is 0 Å². The first-order valence-corrected chi connectivity index (χ1v) is 9.52. The SMILES string of the molecule is CCNC(c1cscc1Br)C1(c2ccccc2)CCCC1. The molecule has 1 saturated carbocycles. The molecule has 3 rings (SSSR count). The smallest absolute Gasteiger partial charge is 0.0437 e. The Balaban J connectivity index is 2.07. The third kappa shape index (κ3) is 2.84. The number of halogens is 1. The fourth-order valence-corrected chi connectivity index (χ4v) is 5.38. The molecule has 1 heterocycles. The molecular formula is C18H22BrNS. The standard InChI is InChI=1S/C18H22BrNS/c1-2-20-17(15-12-21-13-16(15)19)18(10-6-7-11-18)14-8-4-3-5-9-14/h3-5,8-9,12-13,17,20H,2,6-7,10-11H2,1H3. The molecule has 0 radical (unpaired) electrons. The van der Waals surface area contributed by atoms with Gasteiger partial charge in [-0.2, -0.15) is 11.3 Å². The first kappa shape index (κ1) is 15.3. The zero-order chi connectivity index (χ0) is 14.7. The Kier molecular flexibility index (Phi) is 4.82. The molecule has 0 aliphatic heterocycles. The molecule has 1 nitrogen and oxygen atoms in total. The van der Waals surface area contributed by atoms with Crippen molar-refractivity contribution in [2.45, 2.75) is 44.1 Å². The molecule has 1 aromatic heterocycles. The van der Waals surface area contributed by atoms with Gasteiger partial charge >= 0.3 is 0 Å². The summed E-state index contributed by atoms with van der Waals surface area (Å²) in [7, 11) is 0. The average Bonchev–Trinajstić information content (AvgIpc) is 3.16. The summed E-state index contributed by atoms with van der Waals surface area (Å²) in [5.74, 6) is 0. The topological polar surface area (TPSA) is 12.0 Å². The Bertz CT molecular complexity index is 572. The number of hydrogen-bond donors (Lipinski definition) is 1. The van der Waals surface area contributed by atoms with Crippen molar-refractivity contribution in [3.63, 3.8) is 0 Å². The molecule has 0 saturated heterocycles. The van der Waals surface area contributed by atoms with Crippen LogP contribution in [0.2, 0.25) is 0 Å². The van der Waals surface area contributed by atoms with E-state index in [1.165, 1.54) is 41.3 Å². The molecule has 21 heavy (non-hydrogen) atoms. The fourth-order valence-electron chi connectivity index (χ4n) is 3.82. The number of rotatable bonds is 5. The molecule has 112 valence electrons. The van der Waals surface area contributed by atoms with Gasteiger partial charge in [0.15, 0.2) is 0 Å². The van der Waals surface area contributed by atoms with Crippen molar-refractivity contribution >= 4 is 27.3 Å². The number of thiophene rings is 1. The zero-order valence-corrected chi connectivity index (χ0v) is 14.8. The van der Waals surface area contributed by atoms with Crippen molar-refractivity contribution in [2.75, 3.05) is 6.54 Å². The van der Waals surface area contributed by atoms with Crippen molar-refractivity contribution in [2.24, 2.45) is 0 Å². The summed E-state index contributed by atoms with van der Waals surface area (Å²) in [6, 6.07) is 11.5. The molecule has 1 aliphatic carbocycles. The minimum absolute atomic E-state index is 0.237. The zero-order valence-electron chi connectivity index (χ0n) is 12.4. The van der Waals surface area contributed by atoms with Crippen LogP contribution in [0.5, 0.6) is 0 Å². The predicted molar refractivity (Wildman–Crippen MR) is 95.0 cm³/mol. The van der Waals surface area contributed by atoms with Crippen LogP contribution in [-0.4, -0.2) is 6.54 Å². The maximum absolute atomic E-state index is 3.78. The highest BCUT2D eigenvalue weighted by Crippen LogP contribution is 2.51. The van der Waals surface area contributed by atoms with E-state index in [1.807, 2.05) is 0 Å². The molecule has 1 aromatic carbocycles. The first-order chi connectivity index (χ1) is 10.3. The van der Waals surface area contributed by atoms with Gasteiger partial charge in [0.25, 0.3) is 0 Å². The summed E-state index contributed by atoms with van der Waals surface area (Å²) in [6.45, 7) is 3.21. The molecular weight excluding hydrogens is 342 g/mol. The van der Waals surface area contributed by atoms with Gasteiger partial charge in [-0.1, -0.05) is 50.1 Å². The normalized spacial score (nSPS) is 18.8. The van der Waals surface area contributed by atoms with Crippen LogP contribution >= 0.6 is 27.3 Å². The minimum atomic E-state index is 0.237. The lowest BCUT2D eigenvalue weighted by molar-refractivity contribution is 0.304. The van der Waals surface area contributed by atoms with Crippen molar-refractivity contribution in [3.8, 4) is 0 Å². The summed E-state index contributed by atoms with van der Waals surface area (Å²) >= 11 is 5.54. The van der Waals surface area contributed by atoms with Crippen LogP contribution in [0.15, 0.2) is 45.6 Å². The van der Waals surface area contributed by atoms with Crippen molar-refractivity contribution in [1.29, 1.82) is 0 Å². The van der Waals surface area contributed by atoms with Gasteiger partial charge in [-0.3, -0.25) is 0 Å². The first-order valence-electron chi connectivity index (χ1n) is 7.78. The van der Waals surface area contributed by atoms with E-state index in [2.05, 4.69) is 69.3 Å². The second kappa shape index (κ2) is 6.64. The van der Waals surface area contributed by atoms with Crippen LogP contribution in [0.1, 0.15) is 49.8 Å². The van der Waals surface area contributed by atoms with Gasteiger partial charge in [-0.15, -0.1) is 0 Å². The second-order valence-electron chi connectivity index (χ2n) is 5.90. The van der Waals surface area contributed by atoms with Crippen LogP contribution in [0, 0.1) is 0 Å². The molecule has 1 fully saturated rings. The third-order valence-corrected chi connectivity index (χ3v) is 6.51. The highest BCUT2D eigenvalue weighted by atomic mass is 79.9. The second-order valence-corrected chi connectivity index (χ2v) is 7.49. The van der Waals surface area contributed by atoms with Gasteiger partial charge in [0.2, 0.25) is 0 Å². The van der Waals surface area contributed by atoms with Gasteiger partial charge in [-0.05, 0) is 51.8 Å². The molecule has 0 spiro atoms. The van der Waals surface area contributed by atoms with Crippen molar-refractivity contribution in [1.82, 2.24) is 5.32 Å². The number of hydrogen-bond acceptors (Lipinski definition) is 2. The lowest BCUT2D eigenvalue weighted by Crippen LogP contribution is -2.40. The van der Waals surface area contributed by atoms with E-state index in [0.29, 0.717) is 6.04 Å². The fraction of sp³-hybridized carbons (Fsp3) is 0.444. The monoisotopic (exact) mass is 363 g/mol. The minimum Gasteiger partial charge on any atom is -0.309 e. The van der Waals surface area contributed by atoms with Crippen LogP contribution in [0.4, 0.5) is 0 Å². The Morgan fingerprint density at radius 2 is 1.90 bits per heavy atom. The maximum atomic E-state index is 3.78. The van der Waals surface area contributed by atoms with E-state index in [9.17, 15) is 0 Å². The third-order valence-electron chi connectivity index (χ3n) is 4.76. The van der Waals surface area contributed by atoms with Crippen molar-refractivity contribution in [3.05, 3.63) is 56.7 Å². The van der Waals surface area contributed by atoms with Crippen LogP contribution in [0.25, 0.3) is 0 Å². The van der Waals surface area contributed by atoms with Gasteiger partial charge in [-0.25, -0.2) is 0 Å². The van der Waals surface area contributed by atoms with Crippen LogP contribution in [0.3, 0.4) is 0 Å². The number of likely N-dealkylation sites (N-methyl/N-ethyl adjacent to an activating group) is 1. The summed E-state index contributed by atoms with van der Waals surface area (Å²) in [5, 5.41) is 8.29. The average molecular weight is 364 g/mol. The molecule has 0 amide bonds. The largest absolute Gasteiger partial charge is 0.309 e. The summed E-state index contributed by atoms with van der Waals surface area (Å²) in [4.78, 5) is 0. The van der Waals surface area contributed by atoms with Gasteiger partial charge < -0.3 is 5.32 Å². The van der Waals surface area contributed by atoms with E-state index in [0.717, 1.165) is 6.54 Å². The summed E-state index contributed by atoms with van der Waals surface area (Å²) in [5.41, 5.74) is 3.15. The van der Waals surface area contributed by atoms with Gasteiger partial charge in [0, 0.05) is 21.3 Å². The van der Waals surface area contributed by atoms with Gasteiger partial charge in [0.05, 0.1) is 0 Å². The highest BCUT2D eigenvalue weighted by Gasteiger charge is 2.43. The molecule has 1 unspecified atom stereocenters. The summed E-state index contributed by atoms with van der Waals surface area (Å²) < 4.78 is 1.25. The lowest BCUT2D eigenvalue weighted by atomic mass is 9.70. The Labute approximate surface area is 139 Å². The Hall–Kier alpha value is -0.640. The van der Waals surface area contributed by atoms with E-state index in [4.69, 9.17) is 0 Å². The molecule has 1 aliphatic rings. The highest BCUT2D eigenvalue weighted by molar-refractivity contribution is 9.10. The van der Waals surface area contributed by atoms with Gasteiger partial charge in [0.1, 0.15) is 0 Å². The number of nitrogens with one attached hydrogen (secondary N) is 1. The van der Waals surface area contributed by atoms with E-state index >= 15 is 0 Å². The van der Waals surface area contributed by atoms with E-state index in [1.54, 1.807) is 11.3 Å². The Morgan fingerprint density at radius 3 is 2.48 bits per heavy atom. The summed E-state index contributed by atoms with van der Waals surface area (Å²) in [6.07, 6.45) is 5.21. The van der Waals surface area contributed by atoms with E-state index in [-0.39, 0.29) is 5.41 Å². The lowest BCUT2D eigenvalue weighted by Gasteiger charge is -2.39.